The number of nitrogens with zero attached hydrogens (tertiary/aromatic N) is 2. The monoisotopic (exact) mass is 442 g/mol. The Kier molecular flexibility index (Phi) is 6.54. The first-order chi connectivity index (χ1) is 16.0. The summed E-state index contributed by atoms with van der Waals surface area (Å²) in [5.74, 6) is -0.286. The summed E-state index contributed by atoms with van der Waals surface area (Å²) in [5.41, 5.74) is 2.96. The molecule has 1 aliphatic rings. The molecule has 0 aromatic heterocycles. The van der Waals surface area contributed by atoms with Gasteiger partial charge in [0.1, 0.15) is 11.8 Å². The molecule has 3 aromatic rings. The standard InChI is InChI=1S/C27H26N2O4/c1-3-19-9-13-22(14-10-19)29-25(30)17-24(27(29)32)28(26(31)21-7-5-4-6-8-21)18-20-11-15-23(33-2)16-12-20/h4-16,24H,3,17-18H2,1-2H3/t24-/m0/s1. The van der Waals surface area contributed by atoms with E-state index in [1.165, 1.54) is 9.80 Å². The number of amides is 3. The summed E-state index contributed by atoms with van der Waals surface area (Å²) in [6.07, 6.45) is 0.815. The average molecular weight is 443 g/mol. The van der Waals surface area contributed by atoms with Gasteiger partial charge in [-0.05, 0) is 53.9 Å². The van der Waals surface area contributed by atoms with Crippen LogP contribution in [0, 0.1) is 0 Å². The number of hydrogen-bond donors (Lipinski definition) is 0. The highest BCUT2D eigenvalue weighted by atomic mass is 16.5. The van der Waals surface area contributed by atoms with Crippen molar-refractivity contribution in [1.82, 2.24) is 4.90 Å². The van der Waals surface area contributed by atoms with Gasteiger partial charge in [0, 0.05) is 12.1 Å². The lowest BCUT2D eigenvalue weighted by Crippen LogP contribution is -2.45. The van der Waals surface area contributed by atoms with Crippen LogP contribution in [0.1, 0.15) is 34.8 Å². The van der Waals surface area contributed by atoms with Crippen molar-refractivity contribution in [3.05, 3.63) is 95.6 Å². The highest BCUT2D eigenvalue weighted by molar-refractivity contribution is 6.23. The summed E-state index contributed by atoms with van der Waals surface area (Å²) in [5, 5.41) is 0. The Morgan fingerprint density at radius 3 is 2.18 bits per heavy atom. The Balaban J connectivity index is 1.65. The van der Waals surface area contributed by atoms with Crippen molar-refractivity contribution in [1.29, 1.82) is 0 Å². The second kappa shape index (κ2) is 9.69. The molecule has 1 heterocycles. The molecule has 3 aromatic carbocycles. The van der Waals surface area contributed by atoms with Crippen molar-refractivity contribution >= 4 is 23.4 Å². The fourth-order valence-electron chi connectivity index (χ4n) is 4.01. The maximum absolute atomic E-state index is 13.5. The molecule has 6 nitrogen and oxygen atoms in total. The molecule has 0 saturated carbocycles. The third-order valence-electron chi connectivity index (χ3n) is 5.90. The zero-order valence-electron chi connectivity index (χ0n) is 18.7. The van der Waals surface area contributed by atoms with Gasteiger partial charge in [-0.1, -0.05) is 49.4 Å². The topological polar surface area (TPSA) is 66.9 Å². The lowest BCUT2D eigenvalue weighted by atomic mass is 10.1. The van der Waals surface area contributed by atoms with E-state index in [1.807, 2.05) is 49.4 Å². The fourth-order valence-corrected chi connectivity index (χ4v) is 4.01. The van der Waals surface area contributed by atoms with Crippen LogP contribution in [-0.4, -0.2) is 35.8 Å². The maximum atomic E-state index is 13.5. The molecule has 168 valence electrons. The zero-order valence-corrected chi connectivity index (χ0v) is 18.7. The predicted octanol–water partition coefficient (Wildman–Crippen LogP) is 4.23. The van der Waals surface area contributed by atoms with Gasteiger partial charge in [0.2, 0.25) is 5.91 Å². The Morgan fingerprint density at radius 2 is 1.58 bits per heavy atom. The molecule has 4 rings (SSSR count). The van der Waals surface area contributed by atoms with E-state index in [9.17, 15) is 14.4 Å². The van der Waals surface area contributed by atoms with Gasteiger partial charge in [0.15, 0.2) is 0 Å². The first-order valence-corrected chi connectivity index (χ1v) is 11.0. The quantitative estimate of drug-likeness (QED) is 0.514. The third-order valence-corrected chi connectivity index (χ3v) is 5.90. The average Bonchev–Trinajstić information content (AvgIpc) is 3.16. The molecule has 6 heteroatoms. The number of carbonyl (C=O) groups excluding carboxylic acids is 3. The van der Waals surface area contributed by atoms with Crippen LogP contribution in [0.25, 0.3) is 0 Å². The van der Waals surface area contributed by atoms with E-state index >= 15 is 0 Å². The maximum Gasteiger partial charge on any atom is 0.257 e. The van der Waals surface area contributed by atoms with Crippen LogP contribution < -0.4 is 9.64 Å². The van der Waals surface area contributed by atoms with Crippen molar-refractivity contribution in [3.8, 4) is 5.75 Å². The van der Waals surface area contributed by atoms with Gasteiger partial charge in [-0.15, -0.1) is 0 Å². The highest BCUT2D eigenvalue weighted by Gasteiger charge is 2.44. The SMILES string of the molecule is CCc1ccc(N2C(=O)C[C@H](N(Cc3ccc(OC)cc3)C(=O)c3ccccc3)C2=O)cc1. The third kappa shape index (κ3) is 4.65. The van der Waals surface area contributed by atoms with Crippen LogP contribution in [0.15, 0.2) is 78.9 Å². The summed E-state index contributed by atoms with van der Waals surface area (Å²) >= 11 is 0. The van der Waals surface area contributed by atoms with Crippen LogP contribution in [-0.2, 0) is 22.6 Å². The molecule has 0 bridgehead atoms. The Bertz CT molecular complexity index is 1140. The highest BCUT2D eigenvalue weighted by Crippen LogP contribution is 2.28. The second-order valence-corrected chi connectivity index (χ2v) is 7.95. The summed E-state index contributed by atoms with van der Waals surface area (Å²) in [6, 6.07) is 22.7. The summed E-state index contributed by atoms with van der Waals surface area (Å²) < 4.78 is 5.22. The Morgan fingerprint density at radius 1 is 0.939 bits per heavy atom. The summed E-state index contributed by atoms with van der Waals surface area (Å²) in [4.78, 5) is 42.5. The number of rotatable bonds is 7. The minimum Gasteiger partial charge on any atom is -0.497 e. The Hall–Kier alpha value is -3.93. The number of aryl methyl sites for hydroxylation is 1. The number of benzene rings is 3. The van der Waals surface area contributed by atoms with Crippen molar-refractivity contribution in [2.45, 2.75) is 32.4 Å². The van der Waals surface area contributed by atoms with E-state index in [-0.39, 0.29) is 30.7 Å². The molecule has 0 aliphatic carbocycles. The normalized spacial score (nSPS) is 15.6. The van der Waals surface area contributed by atoms with Crippen molar-refractivity contribution < 1.29 is 19.1 Å². The first-order valence-electron chi connectivity index (χ1n) is 11.0. The number of carbonyl (C=O) groups is 3. The second-order valence-electron chi connectivity index (χ2n) is 7.95. The molecule has 3 amide bonds. The number of ether oxygens (including phenoxy) is 1. The summed E-state index contributed by atoms with van der Waals surface area (Å²) in [6.45, 7) is 2.24. The lowest BCUT2D eigenvalue weighted by Gasteiger charge is -2.28. The van der Waals surface area contributed by atoms with E-state index in [1.54, 1.807) is 43.5 Å². The number of anilines is 1. The number of methoxy groups -OCH3 is 1. The number of hydrogen-bond acceptors (Lipinski definition) is 4. The molecule has 1 atom stereocenters. The van der Waals surface area contributed by atoms with Gasteiger partial charge in [-0.25, -0.2) is 4.90 Å². The van der Waals surface area contributed by atoms with Gasteiger partial charge < -0.3 is 9.64 Å². The van der Waals surface area contributed by atoms with Gasteiger partial charge in [0.25, 0.3) is 11.8 Å². The van der Waals surface area contributed by atoms with E-state index in [0.717, 1.165) is 17.5 Å². The minimum atomic E-state index is -0.877. The largest absolute Gasteiger partial charge is 0.497 e. The Labute approximate surface area is 193 Å². The first kappa shape index (κ1) is 22.3. The van der Waals surface area contributed by atoms with Crippen molar-refractivity contribution in [2.75, 3.05) is 12.0 Å². The van der Waals surface area contributed by atoms with Crippen LogP contribution in [0.2, 0.25) is 0 Å². The molecule has 33 heavy (non-hydrogen) atoms. The number of imide groups is 1. The molecule has 1 fully saturated rings. The van der Waals surface area contributed by atoms with Crippen LogP contribution in [0.5, 0.6) is 5.75 Å². The van der Waals surface area contributed by atoms with E-state index < -0.39 is 6.04 Å². The molecule has 1 saturated heterocycles. The lowest BCUT2D eigenvalue weighted by molar-refractivity contribution is -0.122. The van der Waals surface area contributed by atoms with Gasteiger partial charge >= 0.3 is 0 Å². The van der Waals surface area contributed by atoms with Crippen molar-refractivity contribution in [2.24, 2.45) is 0 Å². The molecule has 0 N–H and O–H groups in total. The van der Waals surface area contributed by atoms with E-state index in [2.05, 4.69) is 0 Å². The molecular weight excluding hydrogens is 416 g/mol. The smallest absolute Gasteiger partial charge is 0.257 e. The van der Waals surface area contributed by atoms with E-state index in [0.29, 0.717) is 17.0 Å². The molecule has 0 unspecified atom stereocenters. The van der Waals surface area contributed by atoms with Gasteiger partial charge in [0.05, 0.1) is 19.2 Å². The molecule has 0 radical (unpaired) electrons. The zero-order chi connectivity index (χ0) is 23.4. The fraction of sp³-hybridized carbons (Fsp3) is 0.222. The van der Waals surface area contributed by atoms with Gasteiger partial charge in [-0.2, -0.15) is 0 Å². The predicted molar refractivity (Wildman–Crippen MR) is 126 cm³/mol. The molecule has 1 aliphatic heterocycles. The molecule has 0 spiro atoms. The van der Waals surface area contributed by atoms with Crippen LogP contribution >= 0.6 is 0 Å². The minimum absolute atomic E-state index is 0.0525. The van der Waals surface area contributed by atoms with Crippen LogP contribution in [0.4, 0.5) is 5.69 Å². The van der Waals surface area contributed by atoms with Crippen LogP contribution in [0.3, 0.4) is 0 Å². The molecular formula is C27H26N2O4. The van der Waals surface area contributed by atoms with Gasteiger partial charge in [-0.3, -0.25) is 14.4 Å². The van der Waals surface area contributed by atoms with E-state index in [4.69, 9.17) is 4.74 Å². The van der Waals surface area contributed by atoms with Crippen molar-refractivity contribution in [3.63, 3.8) is 0 Å². The summed E-state index contributed by atoms with van der Waals surface area (Å²) in [7, 11) is 1.59.